The molecule has 62 valence electrons. The van der Waals surface area contributed by atoms with E-state index in [1.807, 2.05) is 32.9 Å². The van der Waals surface area contributed by atoms with Crippen molar-refractivity contribution in [2.75, 3.05) is 0 Å². The van der Waals surface area contributed by atoms with Gasteiger partial charge in [0.05, 0.1) is 5.69 Å². The number of aryl methyl sites for hydroxylation is 1. The molecule has 0 aliphatic heterocycles. The number of imidazole rings is 1. The van der Waals surface area contributed by atoms with Crippen molar-refractivity contribution in [1.82, 2.24) is 9.97 Å². The third-order valence-electron chi connectivity index (χ3n) is 1.42. The molecule has 0 amide bonds. The molecule has 0 saturated heterocycles. The summed E-state index contributed by atoms with van der Waals surface area (Å²) >= 11 is 0. The average molecular weight is 160 g/mol. The topological polar surface area (TPSA) is 28.7 Å². The first-order chi connectivity index (χ1) is 5.77. The summed E-state index contributed by atoms with van der Waals surface area (Å²) in [7, 11) is 0. The highest BCUT2D eigenvalue weighted by Gasteiger charge is 2.00. The first kappa shape index (κ1) is 8.61. The van der Waals surface area contributed by atoms with Crippen LogP contribution in [0.4, 0.5) is 0 Å². The van der Waals surface area contributed by atoms with E-state index in [0.717, 1.165) is 17.2 Å². The zero-order chi connectivity index (χ0) is 8.97. The summed E-state index contributed by atoms with van der Waals surface area (Å²) in [6.45, 7) is 5.70. The van der Waals surface area contributed by atoms with E-state index in [0.29, 0.717) is 0 Å². The summed E-state index contributed by atoms with van der Waals surface area (Å²) < 4.78 is 0. The standard InChI is InChI=1S/C10H12N2/c1-4-6-9-10(7-5-2)12-8(3)11-9/h4,6H,1-3H3,(H,11,12)/b6-4-. The molecule has 1 aromatic rings. The number of allylic oxidation sites excluding steroid dienone is 1. The van der Waals surface area contributed by atoms with Gasteiger partial charge in [0.15, 0.2) is 0 Å². The van der Waals surface area contributed by atoms with Gasteiger partial charge in [-0.15, -0.1) is 0 Å². The van der Waals surface area contributed by atoms with E-state index in [1.54, 1.807) is 0 Å². The van der Waals surface area contributed by atoms with E-state index in [4.69, 9.17) is 0 Å². The molecular weight excluding hydrogens is 148 g/mol. The van der Waals surface area contributed by atoms with Gasteiger partial charge in [0.25, 0.3) is 0 Å². The molecule has 0 aromatic carbocycles. The number of rotatable bonds is 1. The second kappa shape index (κ2) is 3.77. The van der Waals surface area contributed by atoms with Crippen molar-refractivity contribution in [3.8, 4) is 11.8 Å². The molecule has 2 nitrogen and oxygen atoms in total. The Bertz CT molecular complexity index is 348. The molecule has 2 heteroatoms. The van der Waals surface area contributed by atoms with Crippen LogP contribution in [0.25, 0.3) is 6.08 Å². The van der Waals surface area contributed by atoms with Crippen LogP contribution in [0, 0.1) is 18.8 Å². The highest BCUT2D eigenvalue weighted by atomic mass is 14.9. The molecule has 0 fully saturated rings. The average Bonchev–Trinajstić information content (AvgIpc) is 2.33. The quantitative estimate of drug-likeness (QED) is 0.626. The molecular formula is C10H12N2. The molecule has 0 bridgehead atoms. The first-order valence-corrected chi connectivity index (χ1v) is 3.90. The summed E-state index contributed by atoms with van der Waals surface area (Å²) in [5, 5.41) is 0. The fourth-order valence-electron chi connectivity index (χ4n) is 1.01. The van der Waals surface area contributed by atoms with Crippen LogP contribution in [-0.4, -0.2) is 9.97 Å². The minimum absolute atomic E-state index is 0.896. The van der Waals surface area contributed by atoms with E-state index in [2.05, 4.69) is 21.8 Å². The molecule has 1 rings (SSSR count). The molecule has 0 atom stereocenters. The van der Waals surface area contributed by atoms with Crippen molar-refractivity contribution >= 4 is 6.08 Å². The summed E-state index contributed by atoms with van der Waals surface area (Å²) in [4.78, 5) is 7.37. The number of hydrogen-bond acceptors (Lipinski definition) is 1. The second-order valence-electron chi connectivity index (χ2n) is 2.46. The van der Waals surface area contributed by atoms with E-state index >= 15 is 0 Å². The Morgan fingerprint density at radius 3 is 2.83 bits per heavy atom. The first-order valence-electron chi connectivity index (χ1n) is 3.90. The molecule has 12 heavy (non-hydrogen) atoms. The maximum Gasteiger partial charge on any atom is 0.117 e. The van der Waals surface area contributed by atoms with Crippen molar-refractivity contribution < 1.29 is 0 Å². The molecule has 0 saturated carbocycles. The van der Waals surface area contributed by atoms with Gasteiger partial charge in [-0.1, -0.05) is 12.0 Å². The molecule has 0 aliphatic carbocycles. The largest absolute Gasteiger partial charge is 0.335 e. The van der Waals surface area contributed by atoms with Crippen LogP contribution in [0.3, 0.4) is 0 Å². The summed E-state index contributed by atoms with van der Waals surface area (Å²) in [5.74, 6) is 6.71. The minimum atomic E-state index is 0.896. The normalized spacial score (nSPS) is 9.92. The zero-order valence-corrected chi connectivity index (χ0v) is 7.60. The van der Waals surface area contributed by atoms with E-state index in [1.165, 1.54) is 0 Å². The molecule has 0 aliphatic rings. The number of aromatic amines is 1. The Morgan fingerprint density at radius 2 is 2.25 bits per heavy atom. The number of hydrogen-bond donors (Lipinski definition) is 1. The third-order valence-corrected chi connectivity index (χ3v) is 1.42. The van der Waals surface area contributed by atoms with Crippen LogP contribution in [0.15, 0.2) is 6.08 Å². The number of nitrogens with zero attached hydrogens (tertiary/aromatic N) is 1. The van der Waals surface area contributed by atoms with Crippen LogP contribution in [-0.2, 0) is 0 Å². The Balaban J connectivity index is 3.13. The fourth-order valence-corrected chi connectivity index (χ4v) is 1.01. The van der Waals surface area contributed by atoms with E-state index in [9.17, 15) is 0 Å². The lowest BCUT2D eigenvalue weighted by Crippen LogP contribution is -1.77. The van der Waals surface area contributed by atoms with Crippen LogP contribution >= 0.6 is 0 Å². The van der Waals surface area contributed by atoms with E-state index in [-0.39, 0.29) is 0 Å². The van der Waals surface area contributed by atoms with Gasteiger partial charge in [-0.3, -0.25) is 0 Å². The van der Waals surface area contributed by atoms with Crippen molar-refractivity contribution in [1.29, 1.82) is 0 Å². The van der Waals surface area contributed by atoms with Crippen LogP contribution in [0.5, 0.6) is 0 Å². The highest BCUT2D eigenvalue weighted by Crippen LogP contribution is 2.06. The molecule has 0 radical (unpaired) electrons. The van der Waals surface area contributed by atoms with Gasteiger partial charge >= 0.3 is 0 Å². The van der Waals surface area contributed by atoms with Crippen molar-refractivity contribution in [3.63, 3.8) is 0 Å². The fraction of sp³-hybridized carbons (Fsp3) is 0.300. The molecule has 0 unspecified atom stereocenters. The van der Waals surface area contributed by atoms with Crippen molar-refractivity contribution in [2.24, 2.45) is 0 Å². The summed E-state index contributed by atoms with van der Waals surface area (Å²) in [6.07, 6.45) is 3.90. The van der Waals surface area contributed by atoms with Crippen LogP contribution in [0.2, 0.25) is 0 Å². The third kappa shape index (κ3) is 1.76. The lowest BCUT2D eigenvalue weighted by Gasteiger charge is -1.83. The van der Waals surface area contributed by atoms with Gasteiger partial charge in [-0.25, -0.2) is 4.98 Å². The molecule has 1 N–H and O–H groups in total. The lowest BCUT2D eigenvalue weighted by atomic mass is 10.3. The maximum absolute atomic E-state index is 4.27. The number of aromatic nitrogens is 2. The second-order valence-corrected chi connectivity index (χ2v) is 2.46. The Hall–Kier alpha value is -1.49. The van der Waals surface area contributed by atoms with Gasteiger partial charge in [0.2, 0.25) is 0 Å². The van der Waals surface area contributed by atoms with Gasteiger partial charge in [-0.2, -0.15) is 0 Å². The van der Waals surface area contributed by atoms with Crippen molar-refractivity contribution in [2.45, 2.75) is 20.8 Å². The van der Waals surface area contributed by atoms with Crippen LogP contribution in [0.1, 0.15) is 31.1 Å². The maximum atomic E-state index is 4.27. The van der Waals surface area contributed by atoms with Gasteiger partial charge in [0, 0.05) is 0 Å². The Kier molecular flexibility index (Phi) is 2.71. The van der Waals surface area contributed by atoms with Crippen LogP contribution < -0.4 is 0 Å². The highest BCUT2D eigenvalue weighted by molar-refractivity contribution is 5.52. The van der Waals surface area contributed by atoms with Crippen molar-refractivity contribution in [3.05, 3.63) is 23.3 Å². The lowest BCUT2D eigenvalue weighted by molar-refractivity contribution is 1.14. The Labute approximate surface area is 72.7 Å². The summed E-state index contributed by atoms with van der Waals surface area (Å²) in [5.41, 5.74) is 1.82. The monoisotopic (exact) mass is 160 g/mol. The minimum Gasteiger partial charge on any atom is -0.335 e. The zero-order valence-electron chi connectivity index (χ0n) is 7.60. The predicted octanol–water partition coefficient (Wildman–Crippen LogP) is 2.12. The molecule has 1 aromatic heterocycles. The van der Waals surface area contributed by atoms with Gasteiger partial charge < -0.3 is 4.98 Å². The SMILES string of the molecule is CC#Cc1[nH]c(C)nc1/C=C\C. The number of H-pyrrole nitrogens is 1. The number of nitrogens with one attached hydrogen (secondary N) is 1. The van der Waals surface area contributed by atoms with Gasteiger partial charge in [-0.05, 0) is 32.8 Å². The predicted molar refractivity (Wildman–Crippen MR) is 50.6 cm³/mol. The molecule has 1 heterocycles. The Morgan fingerprint density at radius 1 is 1.50 bits per heavy atom. The van der Waals surface area contributed by atoms with E-state index < -0.39 is 0 Å². The molecule has 0 spiro atoms. The summed E-state index contributed by atoms with van der Waals surface area (Å²) in [6, 6.07) is 0. The van der Waals surface area contributed by atoms with Gasteiger partial charge in [0.1, 0.15) is 11.5 Å². The smallest absolute Gasteiger partial charge is 0.117 e.